The van der Waals surface area contributed by atoms with Crippen LogP contribution < -0.4 is 15.4 Å². The molecule has 0 fully saturated rings. The molecule has 0 radical (unpaired) electrons. The van der Waals surface area contributed by atoms with Crippen molar-refractivity contribution < 1.29 is 4.74 Å². The third-order valence-electron chi connectivity index (χ3n) is 4.42. The fraction of sp³-hybridized carbons (Fsp3) is 0.381. The van der Waals surface area contributed by atoms with E-state index in [4.69, 9.17) is 4.74 Å². The Morgan fingerprint density at radius 3 is 2.75 bits per heavy atom. The standard InChI is InChI=1S/C21H28N6O/c1-3-4-15-28-18-10-8-17(9-11-18)12-13-23-21(22-2)24-16-20-26-25-19-7-5-6-14-27(19)20/h5-11,14H,3-4,12-13,15-16H2,1-2H3,(H2,22,23,24). The molecule has 2 aromatic heterocycles. The highest BCUT2D eigenvalue weighted by molar-refractivity contribution is 5.79. The molecule has 1 aromatic carbocycles. The summed E-state index contributed by atoms with van der Waals surface area (Å²) in [5.74, 6) is 2.52. The molecule has 28 heavy (non-hydrogen) atoms. The summed E-state index contributed by atoms with van der Waals surface area (Å²) in [7, 11) is 1.76. The molecule has 0 unspecified atom stereocenters. The second kappa shape index (κ2) is 10.3. The third kappa shape index (κ3) is 5.45. The second-order valence-electron chi connectivity index (χ2n) is 6.49. The summed E-state index contributed by atoms with van der Waals surface area (Å²) in [5, 5.41) is 15.0. The van der Waals surface area contributed by atoms with Crippen molar-refractivity contribution in [3.05, 3.63) is 60.0 Å². The molecule has 0 spiro atoms. The Labute approximate surface area is 165 Å². The number of fused-ring (bicyclic) bond motifs is 1. The number of unbranched alkanes of at least 4 members (excludes halogenated alkanes) is 1. The Bertz CT molecular complexity index is 887. The summed E-state index contributed by atoms with van der Waals surface area (Å²) in [6.45, 7) is 4.28. The molecule has 2 heterocycles. The Balaban J connectivity index is 1.43. The van der Waals surface area contributed by atoms with E-state index in [1.165, 1.54) is 5.56 Å². The second-order valence-corrected chi connectivity index (χ2v) is 6.49. The van der Waals surface area contributed by atoms with Gasteiger partial charge in [-0.3, -0.25) is 9.39 Å². The fourth-order valence-corrected chi connectivity index (χ4v) is 2.81. The third-order valence-corrected chi connectivity index (χ3v) is 4.42. The van der Waals surface area contributed by atoms with Crippen molar-refractivity contribution in [2.24, 2.45) is 4.99 Å². The minimum atomic E-state index is 0.550. The maximum atomic E-state index is 5.70. The van der Waals surface area contributed by atoms with Crippen LogP contribution in [0.1, 0.15) is 31.2 Å². The van der Waals surface area contributed by atoms with Gasteiger partial charge in [0.15, 0.2) is 17.4 Å². The molecule has 0 saturated carbocycles. The number of ether oxygens (including phenoxy) is 1. The van der Waals surface area contributed by atoms with Gasteiger partial charge in [-0.25, -0.2) is 0 Å². The molecule has 0 amide bonds. The minimum Gasteiger partial charge on any atom is -0.494 e. The molecule has 2 N–H and O–H groups in total. The molecule has 0 aliphatic heterocycles. The van der Waals surface area contributed by atoms with E-state index in [0.29, 0.717) is 6.54 Å². The van der Waals surface area contributed by atoms with Crippen molar-refractivity contribution in [1.29, 1.82) is 0 Å². The lowest BCUT2D eigenvalue weighted by Gasteiger charge is -2.11. The van der Waals surface area contributed by atoms with E-state index in [-0.39, 0.29) is 0 Å². The average molecular weight is 380 g/mol. The molecule has 3 aromatic rings. The topological polar surface area (TPSA) is 75.8 Å². The van der Waals surface area contributed by atoms with Crippen molar-refractivity contribution in [2.45, 2.75) is 32.7 Å². The van der Waals surface area contributed by atoms with Gasteiger partial charge < -0.3 is 15.4 Å². The van der Waals surface area contributed by atoms with Crippen LogP contribution in [0.2, 0.25) is 0 Å². The Morgan fingerprint density at radius 1 is 1.11 bits per heavy atom. The normalized spacial score (nSPS) is 11.6. The van der Waals surface area contributed by atoms with Gasteiger partial charge in [0.2, 0.25) is 0 Å². The first-order valence-corrected chi connectivity index (χ1v) is 9.75. The van der Waals surface area contributed by atoms with Crippen LogP contribution in [0.5, 0.6) is 5.75 Å². The molecule has 0 aliphatic carbocycles. The molecule has 0 atom stereocenters. The van der Waals surface area contributed by atoms with Crippen LogP contribution in [-0.4, -0.2) is 40.8 Å². The van der Waals surface area contributed by atoms with Gasteiger partial charge in [0, 0.05) is 19.8 Å². The van der Waals surface area contributed by atoms with Gasteiger partial charge in [-0.15, -0.1) is 10.2 Å². The van der Waals surface area contributed by atoms with Gasteiger partial charge in [0.25, 0.3) is 0 Å². The van der Waals surface area contributed by atoms with Gasteiger partial charge >= 0.3 is 0 Å². The quantitative estimate of drug-likeness (QED) is 0.339. The van der Waals surface area contributed by atoms with Crippen LogP contribution in [-0.2, 0) is 13.0 Å². The summed E-state index contributed by atoms with van der Waals surface area (Å²) >= 11 is 0. The first-order valence-electron chi connectivity index (χ1n) is 9.75. The van der Waals surface area contributed by atoms with Crippen molar-refractivity contribution in [3.8, 4) is 5.75 Å². The summed E-state index contributed by atoms with van der Waals surface area (Å²) in [4.78, 5) is 4.27. The van der Waals surface area contributed by atoms with Crippen LogP contribution in [0.4, 0.5) is 0 Å². The van der Waals surface area contributed by atoms with E-state index in [9.17, 15) is 0 Å². The lowest BCUT2D eigenvalue weighted by molar-refractivity contribution is 0.309. The zero-order chi connectivity index (χ0) is 19.6. The summed E-state index contributed by atoms with van der Waals surface area (Å²) in [5.41, 5.74) is 2.10. The van der Waals surface area contributed by atoms with Gasteiger partial charge in [0.1, 0.15) is 5.75 Å². The number of aliphatic imine (C=N–C) groups is 1. The van der Waals surface area contributed by atoms with Crippen LogP contribution in [0.25, 0.3) is 5.65 Å². The first kappa shape index (κ1) is 19.7. The summed E-state index contributed by atoms with van der Waals surface area (Å²) in [6, 6.07) is 14.1. The van der Waals surface area contributed by atoms with E-state index in [0.717, 1.165) is 55.6 Å². The smallest absolute Gasteiger partial charge is 0.191 e. The molecule has 148 valence electrons. The van der Waals surface area contributed by atoms with E-state index >= 15 is 0 Å². The highest BCUT2D eigenvalue weighted by Crippen LogP contribution is 2.13. The number of pyridine rings is 1. The van der Waals surface area contributed by atoms with Gasteiger partial charge in [-0.05, 0) is 42.7 Å². The predicted octanol–water partition coefficient (Wildman–Crippen LogP) is 2.82. The number of nitrogens with one attached hydrogen (secondary N) is 2. The summed E-state index contributed by atoms with van der Waals surface area (Å²) < 4.78 is 7.66. The number of rotatable bonds is 9. The Hall–Kier alpha value is -3.09. The fourth-order valence-electron chi connectivity index (χ4n) is 2.81. The predicted molar refractivity (Wildman–Crippen MR) is 112 cm³/mol. The van der Waals surface area contributed by atoms with Crippen LogP contribution in [0.15, 0.2) is 53.7 Å². The number of aromatic nitrogens is 3. The lowest BCUT2D eigenvalue weighted by atomic mass is 10.1. The number of hydrogen-bond acceptors (Lipinski definition) is 4. The van der Waals surface area contributed by atoms with Crippen molar-refractivity contribution >= 4 is 11.6 Å². The average Bonchev–Trinajstić information content (AvgIpc) is 3.15. The minimum absolute atomic E-state index is 0.550. The van der Waals surface area contributed by atoms with Gasteiger partial charge in [-0.2, -0.15) is 0 Å². The zero-order valence-corrected chi connectivity index (χ0v) is 16.6. The molecule has 3 rings (SSSR count). The molecular weight excluding hydrogens is 352 g/mol. The van der Waals surface area contributed by atoms with Gasteiger partial charge in [0.05, 0.1) is 13.2 Å². The molecule has 7 nitrogen and oxygen atoms in total. The van der Waals surface area contributed by atoms with Crippen molar-refractivity contribution in [2.75, 3.05) is 20.2 Å². The number of hydrogen-bond donors (Lipinski definition) is 2. The molecular formula is C21H28N6O. The van der Waals surface area contributed by atoms with Crippen molar-refractivity contribution in [1.82, 2.24) is 25.2 Å². The van der Waals surface area contributed by atoms with Crippen molar-refractivity contribution in [3.63, 3.8) is 0 Å². The highest BCUT2D eigenvalue weighted by atomic mass is 16.5. The highest BCUT2D eigenvalue weighted by Gasteiger charge is 2.05. The number of benzene rings is 1. The monoisotopic (exact) mass is 380 g/mol. The van der Waals surface area contributed by atoms with Crippen LogP contribution in [0.3, 0.4) is 0 Å². The van der Waals surface area contributed by atoms with Crippen LogP contribution in [0, 0.1) is 0 Å². The van der Waals surface area contributed by atoms with E-state index < -0.39 is 0 Å². The maximum Gasteiger partial charge on any atom is 0.191 e. The first-order chi connectivity index (χ1) is 13.8. The van der Waals surface area contributed by atoms with E-state index in [1.54, 1.807) is 7.05 Å². The Morgan fingerprint density at radius 2 is 1.96 bits per heavy atom. The van der Waals surface area contributed by atoms with E-state index in [1.807, 2.05) is 40.9 Å². The zero-order valence-electron chi connectivity index (χ0n) is 16.6. The summed E-state index contributed by atoms with van der Waals surface area (Å²) in [6.07, 6.45) is 5.09. The maximum absolute atomic E-state index is 5.70. The molecule has 7 heteroatoms. The van der Waals surface area contributed by atoms with Gasteiger partial charge in [-0.1, -0.05) is 31.5 Å². The molecule has 0 saturated heterocycles. The largest absolute Gasteiger partial charge is 0.494 e. The Kier molecular flexibility index (Phi) is 7.23. The van der Waals surface area contributed by atoms with E-state index in [2.05, 4.69) is 44.9 Å². The molecule has 0 aliphatic rings. The SMILES string of the molecule is CCCCOc1ccc(CCNC(=NC)NCc2nnc3ccccn23)cc1. The van der Waals surface area contributed by atoms with Crippen LogP contribution >= 0.6 is 0 Å². The number of nitrogens with zero attached hydrogens (tertiary/aromatic N) is 4. The lowest BCUT2D eigenvalue weighted by Crippen LogP contribution is -2.38. The molecule has 0 bridgehead atoms. The number of guanidine groups is 1.